The van der Waals surface area contributed by atoms with E-state index in [1.54, 1.807) is 4.68 Å². The van der Waals surface area contributed by atoms with Gasteiger partial charge in [-0.3, -0.25) is 4.68 Å². The summed E-state index contributed by atoms with van der Waals surface area (Å²) in [5, 5.41) is 4.42. The number of nitrogens with two attached hydrogens (primary N) is 1. The number of anilines is 2. The third kappa shape index (κ3) is 1.75. The third-order valence-electron chi connectivity index (χ3n) is 3.27. The van der Waals surface area contributed by atoms with Gasteiger partial charge in [-0.1, -0.05) is 24.3 Å². The molecular formula is C13H16N4. The zero-order valence-corrected chi connectivity index (χ0v) is 9.93. The molecule has 4 nitrogen and oxygen atoms in total. The molecule has 0 spiro atoms. The van der Waals surface area contributed by atoms with E-state index in [1.807, 2.05) is 13.2 Å². The van der Waals surface area contributed by atoms with Crippen molar-refractivity contribution in [1.82, 2.24) is 9.78 Å². The van der Waals surface area contributed by atoms with Crippen LogP contribution in [0.1, 0.15) is 11.1 Å². The third-order valence-corrected chi connectivity index (χ3v) is 3.27. The first-order valence-corrected chi connectivity index (χ1v) is 5.85. The Bertz CT molecular complexity index is 544. The summed E-state index contributed by atoms with van der Waals surface area (Å²) in [5.41, 5.74) is 9.54. The molecule has 0 bridgehead atoms. The Labute approximate surface area is 101 Å². The number of aryl methyl sites for hydroxylation is 1. The van der Waals surface area contributed by atoms with Gasteiger partial charge >= 0.3 is 0 Å². The van der Waals surface area contributed by atoms with E-state index in [1.165, 1.54) is 11.1 Å². The summed E-state index contributed by atoms with van der Waals surface area (Å²) in [6, 6.07) is 8.57. The first-order valence-electron chi connectivity index (χ1n) is 5.85. The van der Waals surface area contributed by atoms with Crippen LogP contribution in [0.4, 0.5) is 11.5 Å². The molecule has 2 heterocycles. The largest absolute Gasteiger partial charge is 0.394 e. The molecule has 0 aliphatic carbocycles. The van der Waals surface area contributed by atoms with Gasteiger partial charge in [0, 0.05) is 26.3 Å². The van der Waals surface area contributed by atoms with Crippen molar-refractivity contribution in [3.05, 3.63) is 41.6 Å². The summed E-state index contributed by atoms with van der Waals surface area (Å²) in [6.07, 6.45) is 2.92. The van der Waals surface area contributed by atoms with Crippen LogP contribution in [0.3, 0.4) is 0 Å². The number of hydrogen-bond acceptors (Lipinski definition) is 3. The van der Waals surface area contributed by atoms with Gasteiger partial charge in [-0.15, -0.1) is 0 Å². The van der Waals surface area contributed by atoms with Gasteiger partial charge in [-0.05, 0) is 17.5 Å². The Balaban J connectivity index is 1.92. The average molecular weight is 228 g/mol. The summed E-state index contributed by atoms with van der Waals surface area (Å²) in [6.45, 7) is 1.88. The van der Waals surface area contributed by atoms with Gasteiger partial charge in [-0.2, -0.15) is 5.10 Å². The van der Waals surface area contributed by atoms with Crippen LogP contribution in [-0.2, 0) is 20.0 Å². The Morgan fingerprint density at radius 2 is 2.00 bits per heavy atom. The van der Waals surface area contributed by atoms with Crippen LogP contribution < -0.4 is 10.6 Å². The van der Waals surface area contributed by atoms with Crippen molar-refractivity contribution >= 4 is 11.5 Å². The van der Waals surface area contributed by atoms with E-state index in [0.717, 1.165) is 31.0 Å². The van der Waals surface area contributed by atoms with Crippen LogP contribution >= 0.6 is 0 Å². The lowest BCUT2D eigenvalue weighted by Gasteiger charge is -2.29. The van der Waals surface area contributed by atoms with Crippen molar-refractivity contribution in [2.24, 2.45) is 7.05 Å². The summed E-state index contributed by atoms with van der Waals surface area (Å²) in [5.74, 6) is 0.905. The lowest BCUT2D eigenvalue weighted by Crippen LogP contribution is -2.31. The molecule has 0 unspecified atom stereocenters. The number of benzene rings is 1. The van der Waals surface area contributed by atoms with Crippen molar-refractivity contribution < 1.29 is 0 Å². The predicted octanol–water partition coefficient (Wildman–Crippen LogP) is 1.56. The van der Waals surface area contributed by atoms with Crippen LogP contribution in [0, 0.1) is 0 Å². The smallest absolute Gasteiger partial charge is 0.174 e. The maximum Gasteiger partial charge on any atom is 0.174 e. The lowest BCUT2D eigenvalue weighted by atomic mass is 10.00. The molecule has 2 N–H and O–H groups in total. The molecule has 1 aliphatic heterocycles. The van der Waals surface area contributed by atoms with Crippen molar-refractivity contribution in [3.8, 4) is 0 Å². The van der Waals surface area contributed by atoms with Crippen LogP contribution in [-0.4, -0.2) is 16.3 Å². The highest BCUT2D eigenvalue weighted by molar-refractivity contribution is 5.62. The molecule has 0 saturated carbocycles. The summed E-state index contributed by atoms with van der Waals surface area (Å²) in [7, 11) is 1.90. The van der Waals surface area contributed by atoms with Gasteiger partial charge in [0.25, 0.3) is 0 Å². The van der Waals surface area contributed by atoms with Crippen molar-refractivity contribution in [2.45, 2.75) is 13.0 Å². The van der Waals surface area contributed by atoms with E-state index < -0.39 is 0 Å². The molecule has 1 aromatic heterocycles. The molecule has 4 heteroatoms. The Morgan fingerprint density at radius 1 is 1.24 bits per heavy atom. The van der Waals surface area contributed by atoms with Gasteiger partial charge in [0.2, 0.25) is 0 Å². The average Bonchev–Trinajstić information content (AvgIpc) is 2.68. The number of nitrogen functional groups attached to an aromatic ring is 1. The van der Waals surface area contributed by atoms with E-state index in [0.29, 0.717) is 0 Å². The van der Waals surface area contributed by atoms with Crippen LogP contribution in [0.15, 0.2) is 30.5 Å². The zero-order chi connectivity index (χ0) is 11.8. The molecule has 0 saturated heterocycles. The van der Waals surface area contributed by atoms with Gasteiger partial charge in [0.1, 0.15) is 0 Å². The molecule has 0 atom stereocenters. The minimum absolute atomic E-state index is 0.756. The standard InChI is InChI=1S/C13H16N4/c1-16-9-12(14)13(15-16)17-7-6-10-4-2-3-5-11(10)8-17/h2-5,9H,6-8,14H2,1H3. The summed E-state index contributed by atoms with van der Waals surface area (Å²) >= 11 is 0. The highest BCUT2D eigenvalue weighted by atomic mass is 15.3. The van der Waals surface area contributed by atoms with Crippen molar-refractivity contribution in [3.63, 3.8) is 0 Å². The molecule has 88 valence electrons. The zero-order valence-electron chi connectivity index (χ0n) is 9.93. The van der Waals surface area contributed by atoms with Gasteiger partial charge < -0.3 is 10.6 Å². The quantitative estimate of drug-likeness (QED) is 0.806. The fourth-order valence-electron chi connectivity index (χ4n) is 2.42. The van der Waals surface area contributed by atoms with E-state index in [9.17, 15) is 0 Å². The van der Waals surface area contributed by atoms with Gasteiger partial charge in [0.05, 0.1) is 5.69 Å². The Morgan fingerprint density at radius 3 is 2.71 bits per heavy atom. The molecule has 0 fully saturated rings. The number of fused-ring (bicyclic) bond motifs is 1. The molecule has 3 rings (SSSR count). The first kappa shape index (κ1) is 10.2. The number of rotatable bonds is 1. The SMILES string of the molecule is Cn1cc(N)c(N2CCc3ccccc3C2)n1. The molecule has 0 amide bonds. The van der Waals surface area contributed by atoms with E-state index in [-0.39, 0.29) is 0 Å². The van der Waals surface area contributed by atoms with Crippen LogP contribution in [0.2, 0.25) is 0 Å². The Hall–Kier alpha value is -1.97. The van der Waals surface area contributed by atoms with Gasteiger partial charge in [0.15, 0.2) is 5.82 Å². The highest BCUT2D eigenvalue weighted by Gasteiger charge is 2.19. The van der Waals surface area contributed by atoms with Crippen LogP contribution in [0.25, 0.3) is 0 Å². The topological polar surface area (TPSA) is 47.1 Å². The molecule has 2 aromatic rings. The second-order valence-corrected chi connectivity index (χ2v) is 4.52. The Kier molecular flexibility index (Phi) is 2.28. The fraction of sp³-hybridized carbons (Fsp3) is 0.308. The number of aromatic nitrogens is 2. The molecular weight excluding hydrogens is 212 g/mol. The van der Waals surface area contributed by atoms with Crippen molar-refractivity contribution in [2.75, 3.05) is 17.2 Å². The first-order chi connectivity index (χ1) is 8.24. The number of hydrogen-bond donors (Lipinski definition) is 1. The minimum Gasteiger partial charge on any atom is -0.394 e. The molecule has 1 aliphatic rings. The normalized spacial score (nSPS) is 14.8. The van der Waals surface area contributed by atoms with E-state index in [2.05, 4.69) is 34.3 Å². The minimum atomic E-state index is 0.756. The number of nitrogens with zero attached hydrogens (tertiary/aromatic N) is 3. The predicted molar refractivity (Wildman–Crippen MR) is 68.8 cm³/mol. The van der Waals surface area contributed by atoms with E-state index in [4.69, 9.17) is 5.73 Å². The molecule has 17 heavy (non-hydrogen) atoms. The van der Waals surface area contributed by atoms with Gasteiger partial charge in [-0.25, -0.2) is 0 Å². The highest BCUT2D eigenvalue weighted by Crippen LogP contribution is 2.26. The van der Waals surface area contributed by atoms with Crippen molar-refractivity contribution in [1.29, 1.82) is 0 Å². The fourth-order valence-corrected chi connectivity index (χ4v) is 2.42. The molecule has 0 radical (unpaired) electrons. The van der Waals surface area contributed by atoms with Crippen LogP contribution in [0.5, 0.6) is 0 Å². The maximum atomic E-state index is 5.97. The maximum absolute atomic E-state index is 5.97. The second kappa shape index (κ2) is 3.80. The monoisotopic (exact) mass is 228 g/mol. The second-order valence-electron chi connectivity index (χ2n) is 4.52. The lowest BCUT2D eigenvalue weighted by molar-refractivity contribution is 0.695. The van der Waals surface area contributed by atoms with E-state index >= 15 is 0 Å². The summed E-state index contributed by atoms with van der Waals surface area (Å²) < 4.78 is 1.77. The summed E-state index contributed by atoms with van der Waals surface area (Å²) in [4.78, 5) is 2.25. The molecule has 1 aromatic carbocycles.